The number of aromatic nitrogens is 2. The lowest BCUT2D eigenvalue weighted by Gasteiger charge is -2.19. The van der Waals surface area contributed by atoms with Crippen LogP contribution in [-0.2, 0) is 5.75 Å². The van der Waals surface area contributed by atoms with Crippen molar-refractivity contribution in [2.45, 2.75) is 43.1 Å². The molecule has 0 spiro atoms. The molecule has 1 aromatic heterocycles. The molecule has 112 valence electrons. The van der Waals surface area contributed by atoms with Crippen molar-refractivity contribution in [3.63, 3.8) is 0 Å². The molecule has 2 aromatic rings. The molecular weight excluding hydrogens is 288 g/mol. The van der Waals surface area contributed by atoms with E-state index >= 15 is 0 Å². The summed E-state index contributed by atoms with van der Waals surface area (Å²) >= 11 is 1.86. The lowest BCUT2D eigenvalue weighted by molar-refractivity contribution is 0.411. The normalized spacial score (nSPS) is 16.2. The molecule has 0 amide bonds. The average molecular weight is 306 g/mol. The lowest BCUT2D eigenvalue weighted by atomic mass is 10.0. The quantitative estimate of drug-likeness (QED) is 0.896. The first kappa shape index (κ1) is 14.3. The predicted octanol–water partition coefficient (Wildman–Crippen LogP) is 3.71. The molecular formula is C15H18N2O3S. The summed E-state index contributed by atoms with van der Waals surface area (Å²) in [6, 6.07) is 4.52. The van der Waals surface area contributed by atoms with Crippen LogP contribution in [0.15, 0.2) is 22.7 Å². The van der Waals surface area contributed by atoms with E-state index in [0.29, 0.717) is 16.8 Å². The number of phenolic OH excluding ortho intramolecular Hbond substituents is 2. The maximum atomic E-state index is 9.79. The van der Waals surface area contributed by atoms with E-state index < -0.39 is 0 Å². The molecule has 0 aliphatic heterocycles. The highest BCUT2D eigenvalue weighted by Gasteiger charge is 2.19. The summed E-state index contributed by atoms with van der Waals surface area (Å²) in [6.07, 6.45) is 6.48. The molecule has 0 atom stereocenters. The first-order valence-electron chi connectivity index (χ1n) is 7.19. The molecule has 3 rings (SSSR count). The monoisotopic (exact) mass is 306 g/mol. The summed E-state index contributed by atoms with van der Waals surface area (Å²) in [5, 5.41) is 24.2. The van der Waals surface area contributed by atoms with Crippen LogP contribution in [0.3, 0.4) is 0 Å². The fourth-order valence-electron chi connectivity index (χ4n) is 2.59. The van der Waals surface area contributed by atoms with Gasteiger partial charge in [0.25, 0.3) is 5.89 Å². The van der Waals surface area contributed by atoms with Crippen molar-refractivity contribution in [2.75, 3.05) is 0 Å². The van der Waals surface area contributed by atoms with Crippen molar-refractivity contribution in [3.8, 4) is 23.0 Å². The second-order valence-electron chi connectivity index (χ2n) is 5.26. The van der Waals surface area contributed by atoms with Crippen LogP contribution in [0.4, 0.5) is 0 Å². The summed E-state index contributed by atoms with van der Waals surface area (Å²) in [5.74, 6) is 1.33. The van der Waals surface area contributed by atoms with Crippen LogP contribution in [0.5, 0.6) is 11.5 Å². The van der Waals surface area contributed by atoms with Crippen LogP contribution in [0.25, 0.3) is 11.5 Å². The molecule has 1 heterocycles. The number of benzene rings is 1. The van der Waals surface area contributed by atoms with E-state index in [4.69, 9.17) is 4.52 Å². The third-order valence-corrected chi connectivity index (χ3v) is 5.07. The van der Waals surface area contributed by atoms with E-state index in [1.807, 2.05) is 11.8 Å². The third-order valence-electron chi connectivity index (χ3n) is 3.70. The average Bonchev–Trinajstić information content (AvgIpc) is 2.95. The molecule has 1 aliphatic carbocycles. The Bertz CT molecular complexity index is 588. The van der Waals surface area contributed by atoms with Gasteiger partial charge >= 0.3 is 0 Å². The molecule has 0 bridgehead atoms. The van der Waals surface area contributed by atoms with Gasteiger partial charge in [0.05, 0.1) is 5.75 Å². The van der Waals surface area contributed by atoms with Gasteiger partial charge in [-0.2, -0.15) is 16.7 Å². The highest BCUT2D eigenvalue weighted by molar-refractivity contribution is 7.99. The second kappa shape index (κ2) is 6.39. The first-order valence-corrected chi connectivity index (χ1v) is 8.24. The Morgan fingerprint density at radius 2 is 1.86 bits per heavy atom. The van der Waals surface area contributed by atoms with Gasteiger partial charge in [-0.15, -0.1) is 0 Å². The summed E-state index contributed by atoms with van der Waals surface area (Å²) in [5.41, 5.74) is 0.193. The highest BCUT2D eigenvalue weighted by Crippen LogP contribution is 2.36. The Morgan fingerprint density at radius 1 is 1.14 bits per heavy atom. The SMILES string of the molecule is Oc1cccc(O)c1-c1nc(CSC2CCCCC2)no1. The fraction of sp³-hybridized carbons (Fsp3) is 0.467. The van der Waals surface area contributed by atoms with Crippen LogP contribution in [0.1, 0.15) is 37.9 Å². The van der Waals surface area contributed by atoms with Crippen molar-refractivity contribution in [1.82, 2.24) is 10.1 Å². The molecule has 0 saturated heterocycles. The third kappa shape index (κ3) is 3.32. The Balaban J connectivity index is 1.68. The summed E-state index contributed by atoms with van der Waals surface area (Å²) in [6.45, 7) is 0. The number of nitrogens with zero attached hydrogens (tertiary/aromatic N) is 2. The van der Waals surface area contributed by atoms with Crippen LogP contribution in [-0.4, -0.2) is 25.6 Å². The largest absolute Gasteiger partial charge is 0.507 e. The maximum absolute atomic E-state index is 9.79. The van der Waals surface area contributed by atoms with Gasteiger partial charge in [0.2, 0.25) is 0 Å². The number of hydrogen-bond donors (Lipinski definition) is 2. The van der Waals surface area contributed by atoms with Crippen LogP contribution < -0.4 is 0 Å². The van der Waals surface area contributed by atoms with Gasteiger partial charge in [-0.1, -0.05) is 30.5 Å². The fourth-order valence-corrected chi connectivity index (χ4v) is 3.75. The zero-order chi connectivity index (χ0) is 14.7. The smallest absolute Gasteiger partial charge is 0.265 e. The molecule has 5 nitrogen and oxygen atoms in total. The van der Waals surface area contributed by atoms with Crippen molar-refractivity contribution in [2.24, 2.45) is 0 Å². The molecule has 0 unspecified atom stereocenters. The lowest BCUT2D eigenvalue weighted by Crippen LogP contribution is -2.08. The van der Waals surface area contributed by atoms with Gasteiger partial charge in [-0.05, 0) is 25.0 Å². The molecule has 0 radical (unpaired) electrons. The van der Waals surface area contributed by atoms with Crippen molar-refractivity contribution >= 4 is 11.8 Å². The minimum Gasteiger partial charge on any atom is -0.507 e. The molecule has 1 aliphatic rings. The topological polar surface area (TPSA) is 79.4 Å². The summed E-state index contributed by atoms with van der Waals surface area (Å²) in [7, 11) is 0. The first-order chi connectivity index (χ1) is 10.2. The van der Waals surface area contributed by atoms with E-state index in [-0.39, 0.29) is 23.0 Å². The number of phenols is 2. The summed E-state index contributed by atoms with van der Waals surface area (Å²) in [4.78, 5) is 4.27. The standard InChI is InChI=1S/C15H18N2O3S/c18-11-7-4-8-12(19)14(11)15-16-13(17-20-15)9-21-10-5-2-1-3-6-10/h4,7-8,10,18-19H,1-3,5-6,9H2. The molecule has 1 saturated carbocycles. The van der Waals surface area contributed by atoms with Crippen molar-refractivity contribution in [1.29, 1.82) is 0 Å². The van der Waals surface area contributed by atoms with E-state index in [2.05, 4.69) is 10.1 Å². The molecule has 2 N–H and O–H groups in total. The minimum absolute atomic E-state index is 0.0647. The number of thioether (sulfide) groups is 1. The maximum Gasteiger partial charge on any atom is 0.265 e. The van der Waals surface area contributed by atoms with Gasteiger partial charge in [-0.3, -0.25) is 0 Å². The van der Waals surface area contributed by atoms with E-state index in [0.717, 1.165) is 0 Å². The summed E-state index contributed by atoms with van der Waals surface area (Å²) < 4.78 is 5.16. The Hall–Kier alpha value is -1.69. The Labute approximate surface area is 127 Å². The van der Waals surface area contributed by atoms with Gasteiger partial charge in [0.15, 0.2) is 5.82 Å². The molecule has 6 heteroatoms. The zero-order valence-electron chi connectivity index (χ0n) is 11.7. The van der Waals surface area contributed by atoms with Gasteiger partial charge in [-0.25, -0.2) is 0 Å². The second-order valence-corrected chi connectivity index (χ2v) is 6.55. The molecule has 21 heavy (non-hydrogen) atoms. The van der Waals surface area contributed by atoms with Crippen LogP contribution >= 0.6 is 11.8 Å². The highest BCUT2D eigenvalue weighted by atomic mass is 32.2. The van der Waals surface area contributed by atoms with Crippen LogP contribution in [0.2, 0.25) is 0 Å². The van der Waals surface area contributed by atoms with Crippen LogP contribution in [0, 0.1) is 0 Å². The predicted molar refractivity (Wildman–Crippen MR) is 81.2 cm³/mol. The number of hydrogen-bond acceptors (Lipinski definition) is 6. The number of rotatable bonds is 4. The minimum atomic E-state index is -0.0647. The van der Waals surface area contributed by atoms with E-state index in [1.165, 1.54) is 44.2 Å². The van der Waals surface area contributed by atoms with Crippen molar-refractivity contribution in [3.05, 3.63) is 24.0 Å². The van der Waals surface area contributed by atoms with Gasteiger partial charge < -0.3 is 14.7 Å². The number of aromatic hydroxyl groups is 2. The Morgan fingerprint density at radius 3 is 2.57 bits per heavy atom. The van der Waals surface area contributed by atoms with E-state index in [9.17, 15) is 10.2 Å². The van der Waals surface area contributed by atoms with Gasteiger partial charge in [0.1, 0.15) is 17.1 Å². The van der Waals surface area contributed by atoms with Gasteiger partial charge in [0, 0.05) is 5.25 Å². The zero-order valence-corrected chi connectivity index (χ0v) is 12.5. The Kier molecular flexibility index (Phi) is 4.34. The van der Waals surface area contributed by atoms with E-state index in [1.54, 1.807) is 6.07 Å². The molecule has 1 aromatic carbocycles. The van der Waals surface area contributed by atoms with Crippen molar-refractivity contribution < 1.29 is 14.7 Å². The molecule has 1 fully saturated rings.